The minimum Gasteiger partial charge on any atom is -0.494 e. The van der Waals surface area contributed by atoms with Crippen LogP contribution in [0.4, 0.5) is 4.39 Å². The molecule has 0 heterocycles. The maximum atomic E-state index is 13.8. The van der Waals surface area contributed by atoms with E-state index in [1.165, 1.54) is 7.11 Å². The molecular formula is C13H20FNO2. The summed E-state index contributed by atoms with van der Waals surface area (Å²) in [4.78, 5) is 0. The molecule has 0 amide bonds. The van der Waals surface area contributed by atoms with Crippen molar-refractivity contribution in [2.45, 2.75) is 32.4 Å². The quantitative estimate of drug-likeness (QED) is 0.797. The van der Waals surface area contributed by atoms with Crippen LogP contribution in [0.25, 0.3) is 0 Å². The average Bonchev–Trinajstić information content (AvgIpc) is 2.29. The Bertz CT molecular complexity index is 355. The van der Waals surface area contributed by atoms with Crippen molar-refractivity contribution in [1.82, 2.24) is 5.32 Å². The van der Waals surface area contributed by atoms with Crippen molar-refractivity contribution in [3.05, 3.63) is 29.6 Å². The Kier molecular flexibility index (Phi) is 5.38. The molecule has 0 radical (unpaired) electrons. The third kappa shape index (κ3) is 4.32. The second-order valence-electron chi connectivity index (χ2n) is 4.35. The molecule has 1 aromatic rings. The first kappa shape index (κ1) is 13.9. The predicted molar refractivity (Wildman–Crippen MR) is 65.8 cm³/mol. The molecule has 0 aliphatic heterocycles. The van der Waals surface area contributed by atoms with E-state index >= 15 is 0 Å². The van der Waals surface area contributed by atoms with Gasteiger partial charge in [-0.25, -0.2) is 4.39 Å². The number of benzene rings is 1. The van der Waals surface area contributed by atoms with Crippen molar-refractivity contribution >= 4 is 0 Å². The molecule has 1 aromatic carbocycles. The van der Waals surface area contributed by atoms with Crippen LogP contribution in [0.5, 0.6) is 5.75 Å². The van der Waals surface area contributed by atoms with E-state index in [1.807, 2.05) is 13.8 Å². The van der Waals surface area contributed by atoms with Gasteiger partial charge in [-0.05, 0) is 11.6 Å². The summed E-state index contributed by atoms with van der Waals surface area (Å²) in [5.74, 6) is -0.176. The lowest BCUT2D eigenvalue weighted by Crippen LogP contribution is -2.33. The Balaban J connectivity index is 2.62. The summed E-state index contributed by atoms with van der Waals surface area (Å²) in [5, 5.41) is 12.9. The first-order valence-corrected chi connectivity index (χ1v) is 5.77. The lowest BCUT2D eigenvalue weighted by molar-refractivity contribution is 0.167. The molecule has 0 spiro atoms. The van der Waals surface area contributed by atoms with E-state index < -0.39 is 11.9 Å². The Hall–Kier alpha value is -1.13. The fourth-order valence-electron chi connectivity index (χ4n) is 1.57. The first-order valence-electron chi connectivity index (χ1n) is 5.77. The van der Waals surface area contributed by atoms with Gasteiger partial charge in [-0.2, -0.15) is 0 Å². The van der Waals surface area contributed by atoms with Crippen LogP contribution >= 0.6 is 0 Å². The zero-order valence-corrected chi connectivity index (χ0v) is 10.5. The third-order valence-electron chi connectivity index (χ3n) is 2.48. The van der Waals surface area contributed by atoms with Crippen LogP contribution in [0, 0.1) is 5.82 Å². The van der Waals surface area contributed by atoms with E-state index in [-0.39, 0.29) is 12.2 Å². The summed E-state index contributed by atoms with van der Waals surface area (Å²) in [7, 11) is 1.43. The van der Waals surface area contributed by atoms with Gasteiger partial charge in [0.15, 0.2) is 11.6 Å². The van der Waals surface area contributed by atoms with E-state index in [0.717, 1.165) is 0 Å². The summed E-state index contributed by atoms with van der Waals surface area (Å²) in [6.45, 7) is 4.45. The van der Waals surface area contributed by atoms with E-state index in [2.05, 4.69) is 5.32 Å². The minimum atomic E-state index is -0.598. The predicted octanol–water partition coefficient (Wildman–Crippen LogP) is 1.74. The molecule has 0 saturated carbocycles. The van der Waals surface area contributed by atoms with E-state index in [1.54, 1.807) is 18.2 Å². The maximum absolute atomic E-state index is 13.8. The molecule has 0 saturated heterocycles. The number of nitrogens with one attached hydrogen (secondary N) is 1. The molecule has 1 unspecified atom stereocenters. The van der Waals surface area contributed by atoms with Crippen LogP contribution in [-0.4, -0.2) is 30.9 Å². The number of aliphatic hydroxyl groups is 1. The Morgan fingerprint density at radius 2 is 2.12 bits per heavy atom. The highest BCUT2D eigenvalue weighted by atomic mass is 19.1. The van der Waals surface area contributed by atoms with Crippen LogP contribution < -0.4 is 10.1 Å². The lowest BCUT2D eigenvalue weighted by Gasteiger charge is -2.15. The van der Waals surface area contributed by atoms with Crippen LogP contribution in [0.1, 0.15) is 19.4 Å². The molecule has 2 N–H and O–H groups in total. The Morgan fingerprint density at radius 3 is 2.71 bits per heavy atom. The summed E-state index contributed by atoms with van der Waals surface area (Å²) in [5.41, 5.74) is 0.474. The SMILES string of the molecule is COc1cccc(CC(O)CNC(C)C)c1F. The van der Waals surface area contributed by atoms with E-state index in [0.29, 0.717) is 18.2 Å². The number of aliphatic hydroxyl groups excluding tert-OH is 1. The van der Waals surface area contributed by atoms with Gasteiger partial charge in [0.25, 0.3) is 0 Å². The monoisotopic (exact) mass is 241 g/mol. The number of halogens is 1. The molecule has 4 heteroatoms. The fourth-order valence-corrected chi connectivity index (χ4v) is 1.57. The minimum absolute atomic E-state index is 0.214. The number of hydrogen-bond donors (Lipinski definition) is 2. The maximum Gasteiger partial charge on any atom is 0.168 e. The van der Waals surface area contributed by atoms with Gasteiger partial charge in [0, 0.05) is 19.0 Å². The molecular weight excluding hydrogens is 221 g/mol. The molecule has 0 aliphatic rings. The van der Waals surface area contributed by atoms with Crippen molar-refractivity contribution in [2.75, 3.05) is 13.7 Å². The van der Waals surface area contributed by atoms with Crippen molar-refractivity contribution in [2.24, 2.45) is 0 Å². The molecule has 96 valence electrons. The smallest absolute Gasteiger partial charge is 0.168 e. The Morgan fingerprint density at radius 1 is 1.41 bits per heavy atom. The largest absolute Gasteiger partial charge is 0.494 e. The van der Waals surface area contributed by atoms with Crippen molar-refractivity contribution < 1.29 is 14.2 Å². The number of ether oxygens (including phenoxy) is 1. The molecule has 17 heavy (non-hydrogen) atoms. The third-order valence-corrected chi connectivity index (χ3v) is 2.48. The van der Waals surface area contributed by atoms with Gasteiger partial charge in [0.05, 0.1) is 13.2 Å². The summed E-state index contributed by atoms with van der Waals surface area (Å²) in [6, 6.07) is 5.26. The highest BCUT2D eigenvalue weighted by molar-refractivity contribution is 5.31. The second kappa shape index (κ2) is 6.57. The van der Waals surface area contributed by atoms with E-state index in [4.69, 9.17) is 4.74 Å². The molecule has 0 aliphatic carbocycles. The topological polar surface area (TPSA) is 41.5 Å². The first-order chi connectivity index (χ1) is 8.04. The van der Waals surface area contributed by atoms with Crippen LogP contribution in [0.2, 0.25) is 0 Å². The lowest BCUT2D eigenvalue weighted by atomic mass is 10.1. The standard InChI is InChI=1S/C13H20FNO2/c1-9(2)15-8-11(16)7-10-5-4-6-12(17-3)13(10)14/h4-6,9,11,15-16H,7-8H2,1-3H3. The number of methoxy groups -OCH3 is 1. The zero-order valence-electron chi connectivity index (χ0n) is 10.5. The van der Waals surface area contributed by atoms with Gasteiger partial charge >= 0.3 is 0 Å². The van der Waals surface area contributed by atoms with Crippen molar-refractivity contribution in [3.63, 3.8) is 0 Å². The number of rotatable bonds is 6. The van der Waals surface area contributed by atoms with Gasteiger partial charge in [0.2, 0.25) is 0 Å². The molecule has 1 rings (SSSR count). The van der Waals surface area contributed by atoms with Gasteiger partial charge in [-0.1, -0.05) is 26.0 Å². The summed E-state index contributed by atoms with van der Waals surface area (Å²) in [6.07, 6.45) is -0.318. The highest BCUT2D eigenvalue weighted by Gasteiger charge is 2.12. The van der Waals surface area contributed by atoms with Crippen molar-refractivity contribution in [1.29, 1.82) is 0 Å². The van der Waals surface area contributed by atoms with Gasteiger partial charge in [0.1, 0.15) is 0 Å². The van der Waals surface area contributed by atoms with Crippen LogP contribution in [0.15, 0.2) is 18.2 Å². The molecule has 0 fully saturated rings. The molecule has 0 bridgehead atoms. The van der Waals surface area contributed by atoms with Crippen LogP contribution in [-0.2, 0) is 6.42 Å². The van der Waals surface area contributed by atoms with Gasteiger partial charge < -0.3 is 15.2 Å². The fraction of sp³-hybridized carbons (Fsp3) is 0.538. The van der Waals surface area contributed by atoms with Gasteiger partial charge in [-0.3, -0.25) is 0 Å². The normalized spacial score (nSPS) is 12.8. The highest BCUT2D eigenvalue weighted by Crippen LogP contribution is 2.20. The molecule has 0 aromatic heterocycles. The van der Waals surface area contributed by atoms with Gasteiger partial charge in [-0.15, -0.1) is 0 Å². The summed E-state index contributed by atoms with van der Waals surface area (Å²) >= 11 is 0. The Labute approximate surface area is 102 Å². The molecule has 1 atom stereocenters. The average molecular weight is 241 g/mol. The second-order valence-corrected chi connectivity index (χ2v) is 4.35. The molecule has 3 nitrogen and oxygen atoms in total. The zero-order chi connectivity index (χ0) is 12.8. The van der Waals surface area contributed by atoms with Crippen LogP contribution in [0.3, 0.4) is 0 Å². The number of hydrogen-bond acceptors (Lipinski definition) is 3. The van der Waals surface area contributed by atoms with E-state index in [9.17, 15) is 9.50 Å². The van der Waals surface area contributed by atoms with Crippen molar-refractivity contribution in [3.8, 4) is 5.75 Å². The summed E-state index contributed by atoms with van der Waals surface area (Å²) < 4.78 is 18.7.